The SMILES string of the molecule is COC(CNC(=O)C[C@@H](NS(=O)(=O)c1ccc(C)cc1)c1ccco1)OC. The van der Waals surface area contributed by atoms with Gasteiger partial charge >= 0.3 is 0 Å². The number of furan rings is 1. The van der Waals surface area contributed by atoms with Gasteiger partial charge in [-0.1, -0.05) is 17.7 Å². The first kappa shape index (κ1) is 21.1. The van der Waals surface area contributed by atoms with E-state index in [9.17, 15) is 13.2 Å². The number of ether oxygens (including phenoxy) is 2. The molecule has 9 heteroatoms. The lowest BCUT2D eigenvalue weighted by molar-refractivity contribution is -0.127. The van der Waals surface area contributed by atoms with E-state index in [1.807, 2.05) is 6.92 Å². The molecular weight excluding hydrogens is 372 g/mol. The molecule has 2 N–H and O–H groups in total. The highest BCUT2D eigenvalue weighted by Gasteiger charge is 2.25. The number of sulfonamides is 1. The monoisotopic (exact) mass is 396 g/mol. The number of hydrogen-bond acceptors (Lipinski definition) is 6. The number of carbonyl (C=O) groups excluding carboxylic acids is 1. The first-order valence-corrected chi connectivity index (χ1v) is 9.78. The van der Waals surface area contributed by atoms with Crippen LogP contribution in [-0.4, -0.2) is 41.4 Å². The molecule has 1 atom stereocenters. The molecule has 0 spiro atoms. The van der Waals surface area contributed by atoms with Crippen molar-refractivity contribution in [2.45, 2.75) is 30.6 Å². The third kappa shape index (κ3) is 6.17. The Morgan fingerprint density at radius 3 is 2.37 bits per heavy atom. The second-order valence-corrected chi connectivity index (χ2v) is 7.63. The van der Waals surface area contributed by atoms with Gasteiger partial charge in [-0.3, -0.25) is 4.79 Å². The Hall–Kier alpha value is -2.20. The number of hydrogen-bond donors (Lipinski definition) is 2. The Labute approximate surface area is 158 Å². The number of aryl methyl sites for hydroxylation is 1. The highest BCUT2D eigenvalue weighted by molar-refractivity contribution is 7.89. The van der Waals surface area contributed by atoms with Crippen molar-refractivity contribution in [3.05, 3.63) is 54.0 Å². The first-order valence-electron chi connectivity index (χ1n) is 8.30. The molecule has 2 rings (SSSR count). The Morgan fingerprint density at radius 1 is 1.15 bits per heavy atom. The Bertz CT molecular complexity index is 814. The van der Waals surface area contributed by atoms with E-state index in [4.69, 9.17) is 13.9 Å². The lowest BCUT2D eigenvalue weighted by Gasteiger charge is -2.18. The van der Waals surface area contributed by atoms with Crippen LogP contribution < -0.4 is 10.0 Å². The minimum absolute atomic E-state index is 0.115. The second kappa shape index (κ2) is 9.65. The van der Waals surface area contributed by atoms with Gasteiger partial charge < -0.3 is 19.2 Å². The molecule has 0 aliphatic rings. The van der Waals surface area contributed by atoms with E-state index in [0.29, 0.717) is 5.76 Å². The van der Waals surface area contributed by atoms with Crippen LogP contribution in [-0.2, 0) is 24.3 Å². The molecule has 1 amide bonds. The standard InChI is InChI=1S/C18H24N2O6S/c1-13-6-8-14(9-7-13)27(22,23)20-15(16-5-4-10-26-16)11-17(21)19-12-18(24-2)25-3/h4-10,15,18,20H,11-12H2,1-3H3,(H,19,21)/t15-/m1/s1. The molecular formula is C18H24N2O6S. The summed E-state index contributed by atoms with van der Waals surface area (Å²) in [6.45, 7) is 2.01. The zero-order valence-corrected chi connectivity index (χ0v) is 16.3. The third-order valence-corrected chi connectivity index (χ3v) is 5.38. The van der Waals surface area contributed by atoms with Gasteiger partial charge in [0.25, 0.3) is 0 Å². The highest BCUT2D eigenvalue weighted by atomic mass is 32.2. The summed E-state index contributed by atoms with van der Waals surface area (Å²) in [5.74, 6) is -0.0297. The van der Waals surface area contributed by atoms with Gasteiger partial charge in [-0.15, -0.1) is 0 Å². The van der Waals surface area contributed by atoms with Crippen molar-refractivity contribution in [3.63, 3.8) is 0 Å². The smallest absolute Gasteiger partial charge is 0.241 e. The van der Waals surface area contributed by atoms with Crippen LogP contribution in [0.2, 0.25) is 0 Å². The average molecular weight is 396 g/mol. The van der Waals surface area contributed by atoms with Gasteiger partial charge in [-0.2, -0.15) is 4.72 Å². The fourth-order valence-electron chi connectivity index (χ4n) is 2.38. The number of benzene rings is 1. The van der Waals surface area contributed by atoms with Gasteiger partial charge in [0.2, 0.25) is 15.9 Å². The van der Waals surface area contributed by atoms with E-state index in [-0.39, 0.29) is 23.8 Å². The molecule has 1 aromatic heterocycles. The predicted octanol–water partition coefficient (Wildman–Crippen LogP) is 1.73. The summed E-state index contributed by atoms with van der Waals surface area (Å²) in [5, 5.41) is 2.64. The number of carbonyl (C=O) groups is 1. The summed E-state index contributed by atoms with van der Waals surface area (Å²) in [6, 6.07) is 8.83. The van der Waals surface area contributed by atoms with Crippen molar-refractivity contribution in [1.29, 1.82) is 0 Å². The number of amides is 1. The highest BCUT2D eigenvalue weighted by Crippen LogP contribution is 2.21. The average Bonchev–Trinajstić information content (AvgIpc) is 3.17. The maximum Gasteiger partial charge on any atom is 0.241 e. The first-order chi connectivity index (χ1) is 12.9. The largest absolute Gasteiger partial charge is 0.468 e. The molecule has 0 fully saturated rings. The van der Waals surface area contributed by atoms with Crippen LogP contribution in [0.15, 0.2) is 52.0 Å². The van der Waals surface area contributed by atoms with Gasteiger partial charge in [0.15, 0.2) is 6.29 Å². The van der Waals surface area contributed by atoms with Crippen LogP contribution in [0.5, 0.6) is 0 Å². The molecule has 0 saturated heterocycles. The van der Waals surface area contributed by atoms with Crippen LogP contribution in [0.1, 0.15) is 23.8 Å². The number of nitrogens with one attached hydrogen (secondary N) is 2. The zero-order valence-electron chi connectivity index (χ0n) is 15.5. The zero-order chi connectivity index (χ0) is 19.9. The quantitative estimate of drug-likeness (QED) is 0.593. The van der Waals surface area contributed by atoms with Gasteiger partial charge in [-0.05, 0) is 31.2 Å². The molecule has 1 heterocycles. The van der Waals surface area contributed by atoms with E-state index >= 15 is 0 Å². The minimum atomic E-state index is -3.83. The maximum atomic E-state index is 12.7. The second-order valence-electron chi connectivity index (χ2n) is 5.91. The maximum absolute atomic E-state index is 12.7. The summed E-state index contributed by atoms with van der Waals surface area (Å²) in [4.78, 5) is 12.4. The van der Waals surface area contributed by atoms with Crippen LogP contribution in [0.25, 0.3) is 0 Å². The van der Waals surface area contributed by atoms with E-state index < -0.39 is 22.4 Å². The van der Waals surface area contributed by atoms with E-state index in [1.54, 1.807) is 24.3 Å². The van der Waals surface area contributed by atoms with Crippen LogP contribution in [0.4, 0.5) is 0 Å². The molecule has 0 aliphatic carbocycles. The fraction of sp³-hybridized carbons (Fsp3) is 0.389. The molecule has 0 unspecified atom stereocenters. The molecule has 2 aromatic rings. The van der Waals surface area contributed by atoms with Crippen molar-refractivity contribution < 1.29 is 27.1 Å². The molecule has 0 saturated carbocycles. The summed E-state index contributed by atoms with van der Waals surface area (Å²) in [5.41, 5.74) is 0.946. The lowest BCUT2D eigenvalue weighted by Crippen LogP contribution is -2.37. The van der Waals surface area contributed by atoms with E-state index in [0.717, 1.165) is 5.56 Å². The molecule has 148 valence electrons. The normalized spacial score (nSPS) is 12.9. The van der Waals surface area contributed by atoms with Crippen LogP contribution in [0.3, 0.4) is 0 Å². The Balaban J connectivity index is 2.11. The molecule has 1 aromatic carbocycles. The lowest BCUT2D eigenvalue weighted by atomic mass is 10.1. The van der Waals surface area contributed by atoms with Gasteiger partial charge in [0.1, 0.15) is 5.76 Å². The van der Waals surface area contributed by atoms with Gasteiger partial charge in [0, 0.05) is 14.2 Å². The van der Waals surface area contributed by atoms with Crippen LogP contribution in [0, 0.1) is 6.92 Å². The Morgan fingerprint density at radius 2 is 1.81 bits per heavy atom. The predicted molar refractivity (Wildman–Crippen MR) is 98.4 cm³/mol. The van der Waals surface area contributed by atoms with Crippen molar-refractivity contribution in [2.24, 2.45) is 0 Å². The number of rotatable bonds is 10. The van der Waals surface area contributed by atoms with Gasteiger partial charge in [-0.25, -0.2) is 8.42 Å². The third-order valence-electron chi connectivity index (χ3n) is 3.90. The van der Waals surface area contributed by atoms with Crippen molar-refractivity contribution in [2.75, 3.05) is 20.8 Å². The van der Waals surface area contributed by atoms with E-state index in [1.165, 1.54) is 32.6 Å². The van der Waals surface area contributed by atoms with Crippen LogP contribution >= 0.6 is 0 Å². The Kier molecular flexibility index (Phi) is 7.55. The molecule has 27 heavy (non-hydrogen) atoms. The summed E-state index contributed by atoms with van der Waals surface area (Å²) < 4.78 is 43.2. The molecule has 0 bridgehead atoms. The van der Waals surface area contributed by atoms with Crippen molar-refractivity contribution in [3.8, 4) is 0 Å². The fourth-order valence-corrected chi connectivity index (χ4v) is 3.58. The number of methoxy groups -OCH3 is 2. The van der Waals surface area contributed by atoms with Crippen molar-refractivity contribution in [1.82, 2.24) is 10.0 Å². The molecule has 0 aliphatic heterocycles. The van der Waals surface area contributed by atoms with E-state index in [2.05, 4.69) is 10.0 Å². The molecule has 0 radical (unpaired) electrons. The summed E-state index contributed by atoms with van der Waals surface area (Å²) in [6.07, 6.45) is 0.700. The summed E-state index contributed by atoms with van der Waals surface area (Å²) in [7, 11) is -0.908. The summed E-state index contributed by atoms with van der Waals surface area (Å²) >= 11 is 0. The topological polar surface area (TPSA) is 107 Å². The van der Waals surface area contributed by atoms with Crippen molar-refractivity contribution >= 4 is 15.9 Å². The molecule has 8 nitrogen and oxygen atoms in total. The minimum Gasteiger partial charge on any atom is -0.468 e. The van der Waals surface area contributed by atoms with Gasteiger partial charge in [0.05, 0.1) is 30.2 Å².